The first-order chi connectivity index (χ1) is 14.0. The predicted octanol–water partition coefficient (Wildman–Crippen LogP) is 4.59. The lowest BCUT2D eigenvalue weighted by Gasteiger charge is -2.29. The van der Waals surface area contributed by atoms with Crippen LogP contribution in [0.2, 0.25) is 0 Å². The highest BCUT2D eigenvalue weighted by Crippen LogP contribution is 2.32. The molecular weight excluding hydrogens is 382 g/mol. The van der Waals surface area contributed by atoms with Crippen LogP contribution in [0.4, 0.5) is 0 Å². The number of amides is 1. The lowest BCUT2D eigenvalue weighted by Crippen LogP contribution is -2.38. The maximum Gasteiger partial charge on any atom is 0.264 e. The Kier molecular flexibility index (Phi) is 5.22. The Morgan fingerprint density at radius 1 is 1.10 bits per heavy atom. The molecule has 0 aliphatic heterocycles. The summed E-state index contributed by atoms with van der Waals surface area (Å²) >= 11 is 1.43. The van der Waals surface area contributed by atoms with Gasteiger partial charge in [-0.25, -0.2) is 4.68 Å². The number of carbonyl (C=O) groups is 1. The van der Waals surface area contributed by atoms with E-state index in [0.717, 1.165) is 27.2 Å². The van der Waals surface area contributed by atoms with Crippen LogP contribution in [0.1, 0.15) is 34.0 Å². The number of aromatic nitrogens is 2. The number of rotatable bonds is 5. The monoisotopic (exact) mass is 405 g/mol. The molecule has 0 aliphatic carbocycles. The molecule has 1 amide bonds. The van der Waals surface area contributed by atoms with Gasteiger partial charge in [0.2, 0.25) is 0 Å². The van der Waals surface area contributed by atoms with Gasteiger partial charge in [0.05, 0.1) is 28.4 Å². The summed E-state index contributed by atoms with van der Waals surface area (Å²) in [6.07, 6.45) is -0.749. The van der Waals surface area contributed by atoms with Crippen molar-refractivity contribution in [2.75, 3.05) is 7.05 Å². The van der Waals surface area contributed by atoms with Crippen LogP contribution in [-0.4, -0.2) is 38.8 Å². The van der Waals surface area contributed by atoms with E-state index in [-0.39, 0.29) is 11.9 Å². The molecule has 0 saturated carbocycles. The van der Waals surface area contributed by atoms with Crippen molar-refractivity contribution in [2.45, 2.75) is 26.0 Å². The van der Waals surface area contributed by atoms with Crippen molar-refractivity contribution >= 4 is 27.5 Å². The van der Waals surface area contributed by atoms with Crippen molar-refractivity contribution in [1.82, 2.24) is 14.7 Å². The lowest BCUT2D eigenvalue weighted by molar-refractivity contribution is 0.0491. The summed E-state index contributed by atoms with van der Waals surface area (Å²) in [6.45, 7) is 3.81. The zero-order chi connectivity index (χ0) is 20.5. The number of nitrogens with zero attached hydrogens (tertiary/aromatic N) is 3. The molecule has 0 saturated heterocycles. The highest BCUT2D eigenvalue weighted by molar-refractivity contribution is 7.20. The summed E-state index contributed by atoms with van der Waals surface area (Å²) in [4.78, 5) is 16.3. The van der Waals surface area contributed by atoms with Crippen molar-refractivity contribution in [3.63, 3.8) is 0 Å². The molecule has 4 rings (SSSR count). The number of benzene rings is 2. The predicted molar refractivity (Wildman–Crippen MR) is 117 cm³/mol. The first kappa shape index (κ1) is 19.4. The van der Waals surface area contributed by atoms with Gasteiger partial charge in [-0.1, -0.05) is 48.5 Å². The van der Waals surface area contributed by atoms with E-state index in [4.69, 9.17) is 0 Å². The van der Waals surface area contributed by atoms with E-state index in [0.29, 0.717) is 4.88 Å². The zero-order valence-corrected chi connectivity index (χ0v) is 17.4. The largest absolute Gasteiger partial charge is 0.386 e. The molecule has 6 heteroatoms. The fourth-order valence-corrected chi connectivity index (χ4v) is 4.56. The summed E-state index contributed by atoms with van der Waals surface area (Å²) in [5.74, 6) is -0.104. The maximum atomic E-state index is 13.1. The maximum absolute atomic E-state index is 13.1. The third-order valence-corrected chi connectivity index (χ3v) is 6.38. The second-order valence-electron chi connectivity index (χ2n) is 7.17. The summed E-state index contributed by atoms with van der Waals surface area (Å²) in [5.41, 5.74) is 2.65. The van der Waals surface area contributed by atoms with Gasteiger partial charge in [-0.15, -0.1) is 11.3 Å². The molecule has 0 spiro atoms. The second-order valence-corrected chi connectivity index (χ2v) is 8.21. The molecule has 5 nitrogen and oxygen atoms in total. The molecule has 2 heterocycles. The van der Waals surface area contributed by atoms with Crippen LogP contribution in [0.15, 0.2) is 66.7 Å². The first-order valence-electron chi connectivity index (χ1n) is 9.52. The van der Waals surface area contributed by atoms with Crippen LogP contribution < -0.4 is 0 Å². The van der Waals surface area contributed by atoms with Gasteiger partial charge in [-0.3, -0.25) is 4.79 Å². The Hall–Kier alpha value is -2.96. The van der Waals surface area contributed by atoms with Crippen LogP contribution >= 0.6 is 11.3 Å². The smallest absolute Gasteiger partial charge is 0.264 e. The third kappa shape index (κ3) is 3.57. The van der Waals surface area contributed by atoms with Gasteiger partial charge in [-0.2, -0.15) is 5.10 Å². The van der Waals surface area contributed by atoms with Gasteiger partial charge < -0.3 is 10.0 Å². The first-order valence-corrected chi connectivity index (χ1v) is 10.3. The highest BCUT2D eigenvalue weighted by atomic mass is 32.1. The number of aryl methyl sites for hydroxylation is 1. The number of fused-ring (bicyclic) bond motifs is 1. The standard InChI is InChI=1S/C23H23N3O2S/c1-15-19-14-20(29-23(19)26(24-15)18-12-8-5-9-13-18)22(28)25(3)16(2)21(27)17-10-6-4-7-11-17/h4-14,16,21,27H,1-3H3/t16-,21+/m0/s1. The number of carbonyl (C=O) groups excluding carboxylic acids is 1. The Morgan fingerprint density at radius 3 is 2.38 bits per heavy atom. The minimum atomic E-state index is -0.749. The SMILES string of the molecule is Cc1nn(-c2ccccc2)c2sc(C(=O)N(C)[C@@H](C)[C@@H](O)c3ccccc3)cc12. The van der Waals surface area contributed by atoms with E-state index in [2.05, 4.69) is 5.10 Å². The lowest BCUT2D eigenvalue weighted by atomic mass is 10.0. The van der Waals surface area contributed by atoms with Crippen LogP contribution in [-0.2, 0) is 0 Å². The van der Waals surface area contributed by atoms with Crippen molar-refractivity contribution in [3.05, 3.63) is 82.9 Å². The van der Waals surface area contributed by atoms with Crippen LogP contribution in [0, 0.1) is 6.92 Å². The van der Waals surface area contributed by atoms with E-state index in [9.17, 15) is 9.90 Å². The Labute approximate surface area is 173 Å². The van der Waals surface area contributed by atoms with E-state index in [1.54, 1.807) is 11.9 Å². The minimum absolute atomic E-state index is 0.104. The molecule has 29 heavy (non-hydrogen) atoms. The van der Waals surface area contributed by atoms with Crippen molar-refractivity contribution in [2.24, 2.45) is 0 Å². The topological polar surface area (TPSA) is 58.4 Å². The Morgan fingerprint density at radius 2 is 1.72 bits per heavy atom. The summed E-state index contributed by atoms with van der Waals surface area (Å²) in [7, 11) is 1.74. The number of para-hydroxylation sites is 1. The van der Waals surface area contributed by atoms with Crippen LogP contribution in [0.3, 0.4) is 0 Å². The van der Waals surface area contributed by atoms with Gasteiger partial charge in [0.25, 0.3) is 5.91 Å². The molecule has 2 aromatic carbocycles. The minimum Gasteiger partial charge on any atom is -0.386 e. The van der Waals surface area contributed by atoms with Crippen molar-refractivity contribution < 1.29 is 9.90 Å². The van der Waals surface area contributed by atoms with Gasteiger partial charge in [-0.05, 0) is 37.6 Å². The molecule has 0 radical (unpaired) electrons. The Balaban J connectivity index is 1.63. The van der Waals surface area contributed by atoms with Gasteiger partial charge >= 0.3 is 0 Å². The number of hydrogen-bond acceptors (Lipinski definition) is 4. The summed E-state index contributed by atoms with van der Waals surface area (Å²) < 4.78 is 1.88. The van der Waals surface area contributed by atoms with Crippen LogP contribution in [0.25, 0.3) is 15.9 Å². The molecule has 148 valence electrons. The highest BCUT2D eigenvalue weighted by Gasteiger charge is 2.27. The molecular formula is C23H23N3O2S. The molecule has 0 bridgehead atoms. The van der Waals surface area contributed by atoms with E-state index in [1.807, 2.05) is 85.3 Å². The number of thiophene rings is 1. The van der Waals surface area contributed by atoms with E-state index < -0.39 is 6.10 Å². The van der Waals surface area contributed by atoms with Crippen molar-refractivity contribution in [1.29, 1.82) is 0 Å². The number of likely N-dealkylation sites (N-methyl/N-ethyl adjacent to an activating group) is 1. The molecule has 2 aromatic heterocycles. The number of aliphatic hydroxyl groups excluding tert-OH is 1. The third-order valence-electron chi connectivity index (χ3n) is 5.29. The Bertz CT molecular complexity index is 1140. The summed E-state index contributed by atoms with van der Waals surface area (Å²) in [5, 5.41) is 16.3. The number of aliphatic hydroxyl groups is 1. The molecule has 0 unspecified atom stereocenters. The average Bonchev–Trinajstić information content (AvgIpc) is 3.33. The zero-order valence-electron chi connectivity index (χ0n) is 16.6. The van der Waals surface area contributed by atoms with Gasteiger partial charge in [0.15, 0.2) is 0 Å². The second kappa shape index (κ2) is 7.81. The fourth-order valence-electron chi connectivity index (χ4n) is 3.40. The van der Waals surface area contributed by atoms with Crippen LogP contribution in [0.5, 0.6) is 0 Å². The van der Waals surface area contributed by atoms with Crippen molar-refractivity contribution in [3.8, 4) is 5.69 Å². The molecule has 2 atom stereocenters. The van der Waals surface area contributed by atoms with E-state index >= 15 is 0 Å². The normalized spacial score (nSPS) is 13.4. The average molecular weight is 406 g/mol. The quantitative estimate of drug-likeness (QED) is 0.528. The molecule has 1 N–H and O–H groups in total. The van der Waals surface area contributed by atoms with Gasteiger partial charge in [0, 0.05) is 12.4 Å². The fraction of sp³-hybridized carbons (Fsp3) is 0.217. The number of hydrogen-bond donors (Lipinski definition) is 1. The van der Waals surface area contributed by atoms with Gasteiger partial charge in [0.1, 0.15) is 4.83 Å². The molecule has 0 fully saturated rings. The molecule has 4 aromatic rings. The summed E-state index contributed by atoms with van der Waals surface area (Å²) in [6, 6.07) is 20.9. The van der Waals surface area contributed by atoms with E-state index in [1.165, 1.54) is 11.3 Å². The molecule has 0 aliphatic rings.